The van der Waals surface area contributed by atoms with Crippen LogP contribution in [-0.2, 0) is 4.79 Å². The molecule has 0 spiro atoms. The van der Waals surface area contributed by atoms with Crippen molar-refractivity contribution in [1.82, 2.24) is 10.2 Å². The Kier molecular flexibility index (Phi) is 3.78. The summed E-state index contributed by atoms with van der Waals surface area (Å²) in [5.74, 6) is 1.02. The van der Waals surface area contributed by atoms with E-state index < -0.39 is 0 Å². The fourth-order valence-corrected chi connectivity index (χ4v) is 3.35. The van der Waals surface area contributed by atoms with Gasteiger partial charge in [0.05, 0.1) is 0 Å². The monoisotopic (exact) mass is 259 g/mol. The second-order valence-corrected chi connectivity index (χ2v) is 6.01. The third kappa shape index (κ3) is 2.36. The summed E-state index contributed by atoms with van der Waals surface area (Å²) in [4.78, 5) is 13.3. The molecule has 1 saturated heterocycles. The van der Waals surface area contributed by atoms with Crippen LogP contribution in [0.4, 0.5) is 5.13 Å². The predicted molar refractivity (Wildman–Crippen MR) is 63.9 cm³/mol. The van der Waals surface area contributed by atoms with Gasteiger partial charge in [0.1, 0.15) is 0 Å². The van der Waals surface area contributed by atoms with Crippen LogP contribution in [0.15, 0.2) is 4.34 Å². The molecule has 0 aliphatic carbocycles. The Balaban J connectivity index is 2.09. The first-order valence-electron chi connectivity index (χ1n) is 5.12. The molecule has 1 amide bonds. The second-order valence-electron chi connectivity index (χ2n) is 3.54. The molecule has 5 nitrogen and oxygen atoms in total. The Hall–Kier alpha value is -0.660. The molecule has 1 unspecified atom stereocenters. The van der Waals surface area contributed by atoms with E-state index in [1.807, 2.05) is 0 Å². The van der Waals surface area contributed by atoms with Crippen molar-refractivity contribution in [3.05, 3.63) is 0 Å². The number of aromatic nitrogens is 2. The molecule has 1 aromatic heterocycles. The molecule has 1 aliphatic heterocycles. The highest BCUT2D eigenvalue weighted by Gasteiger charge is 2.32. The van der Waals surface area contributed by atoms with Crippen molar-refractivity contribution in [1.29, 1.82) is 0 Å². The lowest BCUT2D eigenvalue weighted by molar-refractivity contribution is -0.117. The maximum atomic E-state index is 11.7. The highest BCUT2D eigenvalue weighted by molar-refractivity contribution is 8.01. The van der Waals surface area contributed by atoms with Crippen LogP contribution >= 0.6 is 23.1 Å². The van der Waals surface area contributed by atoms with Gasteiger partial charge >= 0.3 is 0 Å². The molecule has 1 N–H and O–H groups in total. The first-order valence-corrected chi connectivity index (χ1v) is 6.92. The van der Waals surface area contributed by atoms with Crippen LogP contribution in [0.25, 0.3) is 0 Å². The number of aliphatic hydroxyl groups excluding tert-OH is 1. The zero-order valence-corrected chi connectivity index (χ0v) is 10.6. The molecule has 2 rings (SSSR count). The summed E-state index contributed by atoms with van der Waals surface area (Å²) < 4.78 is 0.887. The number of carbonyl (C=O) groups excluding carboxylic acids is 1. The van der Waals surface area contributed by atoms with Crippen molar-refractivity contribution in [3.63, 3.8) is 0 Å². The summed E-state index contributed by atoms with van der Waals surface area (Å²) in [5, 5.41) is 17.7. The Bertz CT molecular complexity index is 383. The molecule has 2 heterocycles. The number of aliphatic hydroxyl groups is 1. The minimum Gasteiger partial charge on any atom is -0.396 e. The number of hydrogen-bond donors (Lipinski definition) is 1. The number of anilines is 1. The molecule has 7 heteroatoms. The van der Waals surface area contributed by atoms with Crippen molar-refractivity contribution >= 4 is 34.1 Å². The van der Waals surface area contributed by atoms with Crippen molar-refractivity contribution < 1.29 is 9.90 Å². The fourth-order valence-electron chi connectivity index (χ4n) is 1.58. The molecule has 88 valence electrons. The third-order valence-electron chi connectivity index (χ3n) is 2.36. The second kappa shape index (κ2) is 5.11. The topological polar surface area (TPSA) is 66.3 Å². The molecule has 1 aromatic rings. The molecule has 0 saturated carbocycles. The number of nitrogens with zero attached hydrogens (tertiary/aromatic N) is 3. The maximum Gasteiger partial charge on any atom is 0.229 e. The summed E-state index contributed by atoms with van der Waals surface area (Å²) >= 11 is 3.06. The van der Waals surface area contributed by atoms with Crippen LogP contribution in [0.3, 0.4) is 0 Å². The summed E-state index contributed by atoms with van der Waals surface area (Å²) in [6.07, 6.45) is 0.409. The summed E-state index contributed by atoms with van der Waals surface area (Å²) in [7, 11) is 0. The lowest BCUT2D eigenvalue weighted by Crippen LogP contribution is -2.24. The number of carbonyl (C=O) groups is 1. The molecule has 0 radical (unpaired) electrons. The highest BCUT2D eigenvalue weighted by atomic mass is 32.2. The largest absolute Gasteiger partial charge is 0.396 e. The van der Waals surface area contributed by atoms with Gasteiger partial charge in [-0.15, -0.1) is 10.2 Å². The van der Waals surface area contributed by atoms with E-state index in [0.717, 1.165) is 10.1 Å². The quantitative estimate of drug-likeness (QED) is 0.645. The Morgan fingerprint density at radius 3 is 3.06 bits per heavy atom. The van der Waals surface area contributed by atoms with Crippen molar-refractivity contribution in [2.24, 2.45) is 5.92 Å². The minimum absolute atomic E-state index is 0.0308. The first kappa shape index (κ1) is 11.8. The standard InChI is InChI=1S/C9H13N3O2S2/c1-2-15-9-11-10-8(16-9)12-4-6(5-13)3-7(12)14/h6,13H,2-5H2,1H3. The molecular formula is C9H13N3O2S2. The van der Waals surface area contributed by atoms with Gasteiger partial charge in [-0.3, -0.25) is 9.69 Å². The lowest BCUT2D eigenvalue weighted by Gasteiger charge is -2.10. The van der Waals surface area contributed by atoms with Gasteiger partial charge in [-0.2, -0.15) is 0 Å². The van der Waals surface area contributed by atoms with E-state index in [2.05, 4.69) is 17.1 Å². The third-order valence-corrected chi connectivity index (χ3v) is 4.32. The van der Waals surface area contributed by atoms with E-state index in [-0.39, 0.29) is 18.4 Å². The molecule has 16 heavy (non-hydrogen) atoms. The zero-order valence-electron chi connectivity index (χ0n) is 8.92. The van der Waals surface area contributed by atoms with Crippen molar-refractivity contribution in [2.75, 3.05) is 23.8 Å². The maximum absolute atomic E-state index is 11.7. The average molecular weight is 259 g/mol. The SMILES string of the molecule is CCSc1nnc(N2CC(CO)CC2=O)s1. The van der Waals surface area contributed by atoms with Crippen molar-refractivity contribution in [3.8, 4) is 0 Å². The minimum atomic E-state index is 0.0308. The van der Waals surface area contributed by atoms with Gasteiger partial charge < -0.3 is 5.11 Å². The van der Waals surface area contributed by atoms with E-state index in [4.69, 9.17) is 5.11 Å². The first-order chi connectivity index (χ1) is 7.74. The van der Waals surface area contributed by atoms with Gasteiger partial charge in [0, 0.05) is 25.5 Å². The lowest BCUT2D eigenvalue weighted by atomic mass is 10.1. The van der Waals surface area contributed by atoms with Gasteiger partial charge in [-0.1, -0.05) is 30.0 Å². The molecule has 1 atom stereocenters. The van der Waals surface area contributed by atoms with Crippen LogP contribution < -0.4 is 4.90 Å². The highest BCUT2D eigenvalue weighted by Crippen LogP contribution is 2.31. The van der Waals surface area contributed by atoms with E-state index in [1.165, 1.54) is 11.3 Å². The van der Waals surface area contributed by atoms with Gasteiger partial charge in [-0.05, 0) is 5.75 Å². The van der Waals surface area contributed by atoms with Crippen LogP contribution in [0.5, 0.6) is 0 Å². The Morgan fingerprint density at radius 2 is 2.44 bits per heavy atom. The van der Waals surface area contributed by atoms with E-state index in [1.54, 1.807) is 16.7 Å². The van der Waals surface area contributed by atoms with Gasteiger partial charge in [0.15, 0.2) is 4.34 Å². The number of rotatable bonds is 4. The van der Waals surface area contributed by atoms with Crippen LogP contribution in [0.2, 0.25) is 0 Å². The number of amides is 1. The van der Waals surface area contributed by atoms with Gasteiger partial charge in [0.25, 0.3) is 0 Å². The molecule has 0 aromatic carbocycles. The Labute approximate surface area is 102 Å². The van der Waals surface area contributed by atoms with E-state index in [0.29, 0.717) is 18.1 Å². The molecule has 0 bridgehead atoms. The average Bonchev–Trinajstić information content (AvgIpc) is 2.85. The summed E-state index contributed by atoms with van der Waals surface area (Å²) in [5.41, 5.74) is 0. The van der Waals surface area contributed by atoms with Crippen LogP contribution in [0.1, 0.15) is 13.3 Å². The summed E-state index contributed by atoms with van der Waals surface area (Å²) in [6, 6.07) is 0. The number of hydrogen-bond acceptors (Lipinski definition) is 6. The summed E-state index contributed by atoms with van der Waals surface area (Å²) in [6.45, 7) is 2.66. The van der Waals surface area contributed by atoms with Crippen LogP contribution in [-0.4, -0.2) is 40.1 Å². The van der Waals surface area contributed by atoms with Gasteiger partial charge in [-0.25, -0.2) is 0 Å². The molecule has 1 fully saturated rings. The van der Waals surface area contributed by atoms with E-state index >= 15 is 0 Å². The number of thioether (sulfide) groups is 1. The zero-order chi connectivity index (χ0) is 11.5. The molecule has 1 aliphatic rings. The van der Waals surface area contributed by atoms with Crippen molar-refractivity contribution in [2.45, 2.75) is 17.7 Å². The smallest absolute Gasteiger partial charge is 0.229 e. The van der Waals surface area contributed by atoms with Gasteiger partial charge in [0.2, 0.25) is 11.0 Å². The predicted octanol–water partition coefficient (Wildman–Crippen LogP) is 0.995. The fraction of sp³-hybridized carbons (Fsp3) is 0.667. The Morgan fingerprint density at radius 1 is 1.62 bits per heavy atom. The normalized spacial score (nSPS) is 20.8. The van der Waals surface area contributed by atoms with E-state index in [9.17, 15) is 4.79 Å². The molecular weight excluding hydrogens is 246 g/mol. The van der Waals surface area contributed by atoms with Crippen LogP contribution in [0, 0.1) is 5.92 Å².